The number of anilines is 1. The number of benzene rings is 2. The largest absolute Gasteiger partial charge is 0.480 e. The molecular formula is C29H36ClN3O4S. The van der Waals surface area contributed by atoms with E-state index in [1.54, 1.807) is 11.3 Å². The predicted octanol–water partition coefficient (Wildman–Crippen LogP) is 6.91. The predicted molar refractivity (Wildman–Crippen MR) is 154 cm³/mol. The van der Waals surface area contributed by atoms with Gasteiger partial charge in [0.1, 0.15) is 12.6 Å². The van der Waals surface area contributed by atoms with Gasteiger partial charge in [0, 0.05) is 28.6 Å². The summed E-state index contributed by atoms with van der Waals surface area (Å²) < 4.78 is 5.41. The van der Waals surface area contributed by atoms with Crippen LogP contribution in [0, 0.1) is 12.8 Å². The number of aryl methyl sites for hydroxylation is 1. The van der Waals surface area contributed by atoms with Gasteiger partial charge in [0.15, 0.2) is 5.13 Å². The second-order valence-corrected chi connectivity index (χ2v) is 10.8. The highest BCUT2D eigenvalue weighted by molar-refractivity contribution is 7.16. The molecule has 38 heavy (non-hydrogen) atoms. The van der Waals surface area contributed by atoms with Crippen LogP contribution in [0.15, 0.2) is 48.5 Å². The maximum atomic E-state index is 12.7. The average Bonchev–Trinajstić information content (AvgIpc) is 3.33. The van der Waals surface area contributed by atoms with Crippen molar-refractivity contribution in [1.82, 2.24) is 9.88 Å². The van der Waals surface area contributed by atoms with Crippen LogP contribution in [0.25, 0.3) is 11.3 Å². The van der Waals surface area contributed by atoms with Crippen LogP contribution in [0.1, 0.15) is 43.7 Å². The van der Waals surface area contributed by atoms with Gasteiger partial charge in [0.2, 0.25) is 0 Å². The standard InChI is InChI=1S/C27H30ClN3O4S.C2H6/c1-17(2)13-23-24(20-10-9-18(3)21(28)14-20)29-26(36-23)30-11-12-31(22(15-30)25(32)33)27(34)35-16-19-7-5-4-6-8-19;1-2/h4-10,14,17,22H,11-13,15-16H2,1-3H3,(H,32,33);1-2H3. The van der Waals surface area contributed by atoms with Gasteiger partial charge < -0.3 is 14.7 Å². The van der Waals surface area contributed by atoms with Gasteiger partial charge in [0.25, 0.3) is 0 Å². The highest BCUT2D eigenvalue weighted by Gasteiger charge is 2.37. The molecule has 0 radical (unpaired) electrons. The summed E-state index contributed by atoms with van der Waals surface area (Å²) in [4.78, 5) is 34.2. The number of carbonyl (C=O) groups excluding carboxylic acids is 1. The third-order valence-electron chi connectivity index (χ3n) is 6.10. The first-order valence-corrected chi connectivity index (χ1v) is 14.1. The van der Waals surface area contributed by atoms with E-state index in [0.29, 0.717) is 17.5 Å². The van der Waals surface area contributed by atoms with E-state index in [1.165, 1.54) is 4.90 Å². The number of carboxylic acids is 1. The molecule has 2 aromatic carbocycles. The minimum atomic E-state index is -1.07. The molecule has 0 aliphatic carbocycles. The van der Waals surface area contributed by atoms with Crippen LogP contribution in [0.2, 0.25) is 5.02 Å². The molecule has 1 N–H and O–H groups in total. The molecule has 1 aromatic heterocycles. The summed E-state index contributed by atoms with van der Waals surface area (Å²) in [7, 11) is 0. The molecule has 1 saturated heterocycles. The van der Waals surface area contributed by atoms with Gasteiger partial charge in [-0.25, -0.2) is 14.6 Å². The van der Waals surface area contributed by atoms with Crippen LogP contribution >= 0.6 is 22.9 Å². The summed E-state index contributed by atoms with van der Waals surface area (Å²) in [6.07, 6.45) is 0.229. The molecule has 0 saturated carbocycles. The minimum absolute atomic E-state index is 0.0970. The molecule has 0 spiro atoms. The number of thiazole rings is 1. The molecule has 9 heteroatoms. The van der Waals surface area contributed by atoms with Crippen molar-refractivity contribution in [3.8, 4) is 11.3 Å². The Kier molecular flexibility index (Phi) is 10.6. The number of hydrogen-bond acceptors (Lipinski definition) is 6. The molecule has 1 atom stereocenters. The zero-order valence-electron chi connectivity index (χ0n) is 22.6. The molecule has 204 valence electrons. The summed E-state index contributed by atoms with van der Waals surface area (Å²) in [6.45, 7) is 11.2. The zero-order valence-corrected chi connectivity index (χ0v) is 24.2. The zero-order chi connectivity index (χ0) is 27.8. The monoisotopic (exact) mass is 557 g/mol. The van der Waals surface area contributed by atoms with Crippen molar-refractivity contribution in [2.75, 3.05) is 24.5 Å². The SMILES string of the molecule is CC.Cc1ccc(-c2nc(N3CCN(C(=O)OCc4ccccc4)C(C(=O)O)C3)sc2CC(C)C)cc1Cl. The van der Waals surface area contributed by atoms with Crippen molar-refractivity contribution in [3.05, 3.63) is 69.6 Å². The molecule has 3 aromatic rings. The first-order chi connectivity index (χ1) is 18.2. The van der Waals surface area contributed by atoms with E-state index >= 15 is 0 Å². The Morgan fingerprint density at radius 1 is 1.16 bits per heavy atom. The van der Waals surface area contributed by atoms with Crippen LogP contribution in [0.4, 0.5) is 9.93 Å². The highest BCUT2D eigenvalue weighted by Crippen LogP contribution is 2.37. The maximum Gasteiger partial charge on any atom is 0.410 e. The Balaban J connectivity index is 0.00000195. The molecule has 0 bridgehead atoms. The lowest BCUT2D eigenvalue weighted by Crippen LogP contribution is -2.58. The Hall–Kier alpha value is -3.10. The minimum Gasteiger partial charge on any atom is -0.480 e. The molecule has 1 fully saturated rings. The van der Waals surface area contributed by atoms with Crippen LogP contribution < -0.4 is 4.90 Å². The summed E-state index contributed by atoms with van der Waals surface area (Å²) in [5.41, 5.74) is 3.67. The fourth-order valence-corrected chi connectivity index (χ4v) is 5.65. The Morgan fingerprint density at radius 3 is 2.50 bits per heavy atom. The Bertz CT molecular complexity index is 1230. The van der Waals surface area contributed by atoms with Gasteiger partial charge in [-0.1, -0.05) is 81.8 Å². The summed E-state index contributed by atoms with van der Waals surface area (Å²) in [6, 6.07) is 14.2. The lowest BCUT2D eigenvalue weighted by Gasteiger charge is -2.38. The molecule has 1 amide bonds. The van der Waals surface area contributed by atoms with Gasteiger partial charge in [0.05, 0.1) is 12.2 Å². The second-order valence-electron chi connectivity index (χ2n) is 9.36. The van der Waals surface area contributed by atoms with Crippen LogP contribution in [-0.4, -0.2) is 52.7 Å². The normalized spacial score (nSPS) is 15.2. The number of aliphatic carboxylic acids is 1. The maximum absolute atomic E-state index is 12.7. The molecule has 1 aliphatic rings. The number of ether oxygens (including phenoxy) is 1. The van der Waals surface area contributed by atoms with Gasteiger partial charge in [-0.05, 0) is 36.5 Å². The molecular weight excluding hydrogens is 522 g/mol. The number of piperazine rings is 1. The van der Waals surface area contributed by atoms with Gasteiger partial charge in [-0.2, -0.15) is 0 Å². The smallest absolute Gasteiger partial charge is 0.410 e. The van der Waals surface area contributed by atoms with Gasteiger partial charge in [-0.15, -0.1) is 11.3 Å². The molecule has 7 nitrogen and oxygen atoms in total. The van der Waals surface area contributed by atoms with Crippen LogP contribution in [-0.2, 0) is 22.6 Å². The lowest BCUT2D eigenvalue weighted by molar-refractivity contribution is -0.142. The van der Waals surface area contributed by atoms with E-state index in [0.717, 1.165) is 38.8 Å². The van der Waals surface area contributed by atoms with E-state index in [4.69, 9.17) is 21.3 Å². The number of aromatic nitrogens is 1. The third-order valence-corrected chi connectivity index (χ3v) is 7.65. The topological polar surface area (TPSA) is 83.0 Å². The van der Waals surface area contributed by atoms with Crippen molar-refractivity contribution in [1.29, 1.82) is 0 Å². The number of halogens is 1. The number of carboxylic acid groups (broad SMARTS) is 1. The second kappa shape index (κ2) is 13.6. The number of carbonyl (C=O) groups is 2. The van der Waals surface area contributed by atoms with Gasteiger partial charge in [-0.3, -0.25) is 4.90 Å². The van der Waals surface area contributed by atoms with Crippen molar-refractivity contribution >= 4 is 40.1 Å². The van der Waals surface area contributed by atoms with Crippen LogP contribution in [0.5, 0.6) is 0 Å². The van der Waals surface area contributed by atoms with Crippen molar-refractivity contribution in [3.63, 3.8) is 0 Å². The van der Waals surface area contributed by atoms with Crippen molar-refractivity contribution in [2.45, 2.75) is 53.7 Å². The fraction of sp³-hybridized carbons (Fsp3) is 0.414. The van der Waals surface area contributed by atoms with E-state index in [2.05, 4.69) is 13.8 Å². The first-order valence-electron chi connectivity index (χ1n) is 12.9. The third kappa shape index (κ3) is 7.26. The van der Waals surface area contributed by atoms with E-state index in [-0.39, 0.29) is 19.7 Å². The van der Waals surface area contributed by atoms with Crippen molar-refractivity contribution in [2.24, 2.45) is 5.92 Å². The Labute approximate surface area is 234 Å². The first kappa shape index (κ1) is 29.5. The van der Waals surface area contributed by atoms with E-state index < -0.39 is 18.1 Å². The molecule has 4 rings (SSSR count). The number of amides is 1. The quantitative estimate of drug-likeness (QED) is 0.340. The molecule has 2 heterocycles. The van der Waals surface area contributed by atoms with Gasteiger partial charge >= 0.3 is 12.1 Å². The van der Waals surface area contributed by atoms with E-state index in [1.807, 2.05) is 74.2 Å². The lowest BCUT2D eigenvalue weighted by atomic mass is 10.0. The number of nitrogens with zero attached hydrogens (tertiary/aromatic N) is 3. The van der Waals surface area contributed by atoms with Crippen LogP contribution in [0.3, 0.4) is 0 Å². The molecule has 1 unspecified atom stereocenters. The highest BCUT2D eigenvalue weighted by atomic mass is 35.5. The number of hydrogen-bond donors (Lipinski definition) is 1. The summed E-state index contributed by atoms with van der Waals surface area (Å²) in [5, 5.41) is 11.4. The van der Waals surface area contributed by atoms with E-state index in [9.17, 15) is 14.7 Å². The Morgan fingerprint density at radius 2 is 1.87 bits per heavy atom. The molecule has 1 aliphatic heterocycles. The fourth-order valence-electron chi connectivity index (χ4n) is 4.14. The van der Waals surface area contributed by atoms with Crippen molar-refractivity contribution < 1.29 is 19.4 Å². The number of rotatable bonds is 7. The summed E-state index contributed by atoms with van der Waals surface area (Å²) in [5.74, 6) is -0.637. The average molecular weight is 558 g/mol. The summed E-state index contributed by atoms with van der Waals surface area (Å²) >= 11 is 7.97.